The van der Waals surface area contributed by atoms with Gasteiger partial charge in [0.05, 0.1) is 5.56 Å². The van der Waals surface area contributed by atoms with Gasteiger partial charge in [-0.05, 0) is 30.0 Å². The zero-order valence-corrected chi connectivity index (χ0v) is 10.7. The fourth-order valence-corrected chi connectivity index (χ4v) is 2.14. The highest BCUT2D eigenvalue weighted by Crippen LogP contribution is 2.35. The lowest BCUT2D eigenvalue weighted by Crippen LogP contribution is -2.05. The predicted octanol–water partition coefficient (Wildman–Crippen LogP) is 5.65. The average Bonchev–Trinajstić information content (AvgIpc) is 2.24. The Hall–Kier alpha value is -0.700. The SMILES string of the molecule is CCCCC(C)c1ccc(C(F)(F)F)cc1Cl. The van der Waals surface area contributed by atoms with Crippen molar-refractivity contribution in [1.82, 2.24) is 0 Å². The highest BCUT2D eigenvalue weighted by Gasteiger charge is 2.31. The molecule has 96 valence electrons. The van der Waals surface area contributed by atoms with Crippen molar-refractivity contribution in [2.75, 3.05) is 0 Å². The van der Waals surface area contributed by atoms with E-state index in [1.807, 2.05) is 6.92 Å². The second-order valence-electron chi connectivity index (χ2n) is 4.28. The van der Waals surface area contributed by atoms with E-state index in [9.17, 15) is 13.2 Å². The minimum absolute atomic E-state index is 0.199. The van der Waals surface area contributed by atoms with Crippen molar-refractivity contribution in [2.24, 2.45) is 0 Å². The number of alkyl halides is 3. The highest BCUT2D eigenvalue weighted by atomic mass is 35.5. The zero-order valence-electron chi connectivity index (χ0n) is 9.94. The van der Waals surface area contributed by atoms with Crippen LogP contribution in [0, 0.1) is 0 Å². The van der Waals surface area contributed by atoms with Crippen LogP contribution in [0.1, 0.15) is 50.2 Å². The molecule has 0 aliphatic heterocycles. The van der Waals surface area contributed by atoms with Crippen molar-refractivity contribution < 1.29 is 13.2 Å². The third-order valence-electron chi connectivity index (χ3n) is 2.85. The largest absolute Gasteiger partial charge is 0.416 e. The number of rotatable bonds is 4. The van der Waals surface area contributed by atoms with Gasteiger partial charge in [0.2, 0.25) is 0 Å². The third-order valence-corrected chi connectivity index (χ3v) is 3.18. The lowest BCUT2D eigenvalue weighted by Gasteiger charge is -2.15. The highest BCUT2D eigenvalue weighted by molar-refractivity contribution is 6.31. The first-order valence-corrected chi connectivity index (χ1v) is 6.10. The van der Waals surface area contributed by atoms with Gasteiger partial charge in [-0.25, -0.2) is 0 Å². The van der Waals surface area contributed by atoms with Crippen LogP contribution in [0.3, 0.4) is 0 Å². The van der Waals surface area contributed by atoms with Gasteiger partial charge in [0, 0.05) is 5.02 Å². The van der Waals surface area contributed by atoms with E-state index in [1.54, 1.807) is 0 Å². The van der Waals surface area contributed by atoms with Crippen molar-refractivity contribution in [3.8, 4) is 0 Å². The van der Waals surface area contributed by atoms with Crippen LogP contribution < -0.4 is 0 Å². The first kappa shape index (κ1) is 14.4. The second kappa shape index (κ2) is 5.76. The summed E-state index contributed by atoms with van der Waals surface area (Å²) in [5.74, 6) is 0.199. The summed E-state index contributed by atoms with van der Waals surface area (Å²) in [6, 6.07) is 3.61. The summed E-state index contributed by atoms with van der Waals surface area (Å²) in [6.07, 6.45) is -1.25. The van der Waals surface area contributed by atoms with Crippen LogP contribution in [0.15, 0.2) is 18.2 Å². The molecule has 0 radical (unpaired) electrons. The number of halogens is 4. The van der Waals surface area contributed by atoms with E-state index in [4.69, 9.17) is 11.6 Å². The van der Waals surface area contributed by atoms with Crippen molar-refractivity contribution >= 4 is 11.6 Å². The molecule has 0 aromatic heterocycles. The normalized spacial score (nSPS) is 13.8. The summed E-state index contributed by atoms with van der Waals surface area (Å²) in [6.45, 7) is 4.07. The monoisotopic (exact) mass is 264 g/mol. The van der Waals surface area contributed by atoms with Gasteiger partial charge in [-0.15, -0.1) is 0 Å². The summed E-state index contributed by atoms with van der Waals surface area (Å²) < 4.78 is 37.3. The standard InChI is InChI=1S/C13H16ClF3/c1-3-4-5-9(2)11-7-6-10(8-12(11)14)13(15,16)17/h6-9H,3-5H2,1-2H3. The zero-order chi connectivity index (χ0) is 13.1. The van der Waals surface area contributed by atoms with Gasteiger partial charge in [-0.2, -0.15) is 13.2 Å². The average molecular weight is 265 g/mol. The summed E-state index contributed by atoms with van der Waals surface area (Å²) in [7, 11) is 0. The van der Waals surface area contributed by atoms with E-state index < -0.39 is 11.7 Å². The van der Waals surface area contributed by atoms with E-state index in [2.05, 4.69) is 6.92 Å². The molecule has 1 unspecified atom stereocenters. The lowest BCUT2D eigenvalue weighted by molar-refractivity contribution is -0.137. The van der Waals surface area contributed by atoms with Crippen molar-refractivity contribution in [3.63, 3.8) is 0 Å². The quantitative estimate of drug-likeness (QED) is 0.659. The van der Waals surface area contributed by atoms with Crippen LogP contribution in [0.2, 0.25) is 5.02 Å². The summed E-state index contributed by atoms with van der Waals surface area (Å²) in [4.78, 5) is 0. The molecule has 0 bridgehead atoms. The molecule has 1 atom stereocenters. The summed E-state index contributed by atoms with van der Waals surface area (Å²) >= 11 is 5.91. The summed E-state index contributed by atoms with van der Waals surface area (Å²) in [5.41, 5.74) is 0.113. The van der Waals surface area contributed by atoms with Gasteiger partial charge in [0.1, 0.15) is 0 Å². The molecule has 0 fully saturated rings. The maximum atomic E-state index is 12.4. The number of hydrogen-bond acceptors (Lipinski definition) is 0. The molecule has 0 saturated heterocycles. The molecule has 0 saturated carbocycles. The fraction of sp³-hybridized carbons (Fsp3) is 0.538. The Bertz CT molecular complexity index is 371. The summed E-state index contributed by atoms with van der Waals surface area (Å²) in [5, 5.41) is 0.212. The molecule has 0 amide bonds. The predicted molar refractivity (Wildman–Crippen MR) is 64.4 cm³/mol. The van der Waals surface area contributed by atoms with Crippen molar-refractivity contribution in [1.29, 1.82) is 0 Å². The van der Waals surface area contributed by atoms with E-state index in [-0.39, 0.29) is 10.9 Å². The number of hydrogen-bond donors (Lipinski definition) is 0. The van der Waals surface area contributed by atoms with Crippen LogP contribution in [-0.2, 0) is 6.18 Å². The van der Waals surface area contributed by atoms with Crippen LogP contribution in [0.25, 0.3) is 0 Å². The maximum absolute atomic E-state index is 12.4. The molecule has 1 aromatic rings. The Kier molecular flexibility index (Phi) is 4.87. The Morgan fingerprint density at radius 3 is 2.41 bits per heavy atom. The van der Waals surface area contributed by atoms with Gasteiger partial charge in [0.15, 0.2) is 0 Å². The molecule has 0 aliphatic carbocycles. The van der Waals surface area contributed by atoms with E-state index in [1.165, 1.54) is 6.07 Å². The van der Waals surface area contributed by atoms with E-state index >= 15 is 0 Å². The Balaban J connectivity index is 2.90. The van der Waals surface area contributed by atoms with Crippen LogP contribution >= 0.6 is 11.6 Å². The van der Waals surface area contributed by atoms with Crippen molar-refractivity contribution in [3.05, 3.63) is 34.3 Å². The number of unbranched alkanes of at least 4 members (excludes halogenated alkanes) is 1. The fourth-order valence-electron chi connectivity index (χ4n) is 1.77. The minimum atomic E-state index is -4.32. The van der Waals surface area contributed by atoms with Gasteiger partial charge in [0.25, 0.3) is 0 Å². The molecule has 0 N–H and O–H groups in total. The molecular weight excluding hydrogens is 249 g/mol. The lowest BCUT2D eigenvalue weighted by atomic mass is 9.94. The van der Waals surface area contributed by atoms with Crippen LogP contribution in [0.5, 0.6) is 0 Å². The third kappa shape index (κ3) is 3.91. The number of benzene rings is 1. The molecule has 0 nitrogen and oxygen atoms in total. The molecular formula is C13H16ClF3. The molecule has 1 rings (SSSR count). The Morgan fingerprint density at radius 2 is 1.94 bits per heavy atom. The van der Waals surface area contributed by atoms with E-state index in [0.29, 0.717) is 0 Å². The second-order valence-corrected chi connectivity index (χ2v) is 4.68. The minimum Gasteiger partial charge on any atom is -0.166 e. The van der Waals surface area contributed by atoms with E-state index in [0.717, 1.165) is 37.0 Å². The van der Waals surface area contributed by atoms with Gasteiger partial charge in [-0.1, -0.05) is 44.4 Å². The van der Waals surface area contributed by atoms with Crippen LogP contribution in [-0.4, -0.2) is 0 Å². The van der Waals surface area contributed by atoms with Gasteiger partial charge < -0.3 is 0 Å². The molecule has 0 heterocycles. The molecule has 17 heavy (non-hydrogen) atoms. The first-order chi connectivity index (χ1) is 7.86. The van der Waals surface area contributed by atoms with Crippen molar-refractivity contribution in [2.45, 2.75) is 45.2 Å². The molecule has 4 heteroatoms. The van der Waals surface area contributed by atoms with Gasteiger partial charge in [-0.3, -0.25) is 0 Å². The maximum Gasteiger partial charge on any atom is 0.416 e. The topological polar surface area (TPSA) is 0 Å². The molecule has 1 aromatic carbocycles. The molecule has 0 aliphatic rings. The molecule has 0 spiro atoms. The first-order valence-electron chi connectivity index (χ1n) is 5.73. The Morgan fingerprint density at radius 1 is 1.29 bits per heavy atom. The smallest absolute Gasteiger partial charge is 0.166 e. The van der Waals surface area contributed by atoms with Gasteiger partial charge >= 0.3 is 6.18 Å². The van der Waals surface area contributed by atoms with Crippen LogP contribution in [0.4, 0.5) is 13.2 Å². The Labute approximate surface area is 105 Å².